The van der Waals surface area contributed by atoms with Crippen molar-refractivity contribution in [2.45, 2.75) is 59.3 Å². The summed E-state index contributed by atoms with van der Waals surface area (Å²) in [7, 11) is 0. The Labute approximate surface area is 203 Å². The van der Waals surface area contributed by atoms with E-state index in [-0.39, 0.29) is 18.7 Å². The molecule has 2 aromatic rings. The molecule has 0 fully saturated rings. The summed E-state index contributed by atoms with van der Waals surface area (Å²) in [6, 6.07) is 10.8. The van der Waals surface area contributed by atoms with E-state index in [9.17, 15) is 14.4 Å². The second-order valence-corrected chi connectivity index (χ2v) is 8.78. The molecule has 0 spiro atoms. The first-order valence-electron chi connectivity index (χ1n) is 11.2. The van der Waals surface area contributed by atoms with Crippen molar-refractivity contribution in [2.24, 2.45) is 0 Å². The predicted octanol–water partition coefficient (Wildman–Crippen LogP) is 5.20. The summed E-state index contributed by atoms with van der Waals surface area (Å²) in [5.41, 5.74) is 7.80. The number of benzene rings is 2. The van der Waals surface area contributed by atoms with Gasteiger partial charge in [-0.3, -0.25) is 25.2 Å². The van der Waals surface area contributed by atoms with E-state index in [1.807, 2.05) is 32.0 Å². The van der Waals surface area contributed by atoms with E-state index in [1.54, 1.807) is 18.2 Å². The summed E-state index contributed by atoms with van der Waals surface area (Å²) in [6.45, 7) is 6.63. The number of amides is 3. The van der Waals surface area contributed by atoms with Gasteiger partial charge in [-0.2, -0.15) is 0 Å². The molecule has 0 heterocycles. The van der Waals surface area contributed by atoms with Crippen molar-refractivity contribution in [3.05, 3.63) is 57.6 Å². The number of rotatable bonds is 11. The predicted molar refractivity (Wildman–Crippen MR) is 133 cm³/mol. The van der Waals surface area contributed by atoms with E-state index < -0.39 is 11.8 Å². The minimum atomic E-state index is -0.460. The molecule has 0 saturated carbocycles. The lowest BCUT2D eigenvalue weighted by atomic mass is 10.1. The van der Waals surface area contributed by atoms with E-state index in [4.69, 9.17) is 4.74 Å². The fourth-order valence-corrected chi connectivity index (χ4v) is 3.53. The zero-order chi connectivity index (χ0) is 24.2. The van der Waals surface area contributed by atoms with Crippen LogP contribution in [0.1, 0.15) is 66.9 Å². The molecule has 33 heavy (non-hydrogen) atoms. The lowest BCUT2D eigenvalue weighted by molar-refractivity contribution is -0.124. The quantitative estimate of drug-likeness (QED) is 0.281. The Morgan fingerprint density at radius 3 is 2.39 bits per heavy atom. The van der Waals surface area contributed by atoms with Crippen LogP contribution in [0, 0.1) is 13.8 Å². The topological polar surface area (TPSA) is 96.5 Å². The molecular weight excluding hydrogens is 486 g/mol. The first-order valence-corrected chi connectivity index (χ1v) is 12.0. The molecule has 0 unspecified atom stereocenters. The van der Waals surface area contributed by atoms with Crippen LogP contribution >= 0.6 is 15.9 Å². The smallest absolute Gasteiger partial charge is 0.269 e. The van der Waals surface area contributed by atoms with Crippen LogP contribution in [0.4, 0.5) is 5.69 Å². The number of ether oxygens (including phenoxy) is 1. The van der Waals surface area contributed by atoms with E-state index in [0.29, 0.717) is 22.4 Å². The molecule has 0 aliphatic carbocycles. The van der Waals surface area contributed by atoms with Gasteiger partial charge >= 0.3 is 0 Å². The van der Waals surface area contributed by atoms with E-state index in [0.717, 1.165) is 29.7 Å². The van der Waals surface area contributed by atoms with Crippen molar-refractivity contribution in [3.63, 3.8) is 0 Å². The van der Waals surface area contributed by atoms with Gasteiger partial charge in [0, 0.05) is 24.1 Å². The Balaban J connectivity index is 1.74. The largest absolute Gasteiger partial charge is 0.492 e. The third-order valence-electron chi connectivity index (χ3n) is 5.01. The molecule has 0 radical (unpaired) electrons. The van der Waals surface area contributed by atoms with Gasteiger partial charge in [0.2, 0.25) is 11.8 Å². The highest BCUT2D eigenvalue weighted by Crippen LogP contribution is 2.26. The minimum Gasteiger partial charge on any atom is -0.492 e. The first kappa shape index (κ1) is 26.4. The second kappa shape index (κ2) is 13.6. The third kappa shape index (κ3) is 9.26. The molecule has 0 saturated heterocycles. The number of carbonyl (C=O) groups is 3. The Morgan fingerprint density at radius 2 is 1.67 bits per heavy atom. The van der Waals surface area contributed by atoms with Gasteiger partial charge in [-0.25, -0.2) is 0 Å². The summed E-state index contributed by atoms with van der Waals surface area (Å²) in [5, 5.41) is 2.81. The van der Waals surface area contributed by atoms with Gasteiger partial charge in [0.25, 0.3) is 5.91 Å². The molecule has 0 bridgehead atoms. The van der Waals surface area contributed by atoms with Gasteiger partial charge in [-0.15, -0.1) is 0 Å². The standard InChI is InChI=1S/C25H32BrN3O4/c1-4-5-6-7-14-33-22-11-10-19(16-20(22)26)25(32)29-28-24(31)13-12-23(30)27-21-15-17(2)8-9-18(21)3/h8-11,15-16H,4-7,12-14H2,1-3H3,(H,27,30)(H,28,31)(H,29,32). The van der Waals surface area contributed by atoms with Gasteiger partial charge < -0.3 is 10.1 Å². The van der Waals surface area contributed by atoms with E-state index >= 15 is 0 Å². The summed E-state index contributed by atoms with van der Waals surface area (Å²) in [6.07, 6.45) is 4.42. The molecule has 7 nitrogen and oxygen atoms in total. The summed E-state index contributed by atoms with van der Waals surface area (Å²) < 4.78 is 6.41. The first-order chi connectivity index (χ1) is 15.8. The number of halogens is 1. The average molecular weight is 518 g/mol. The van der Waals surface area contributed by atoms with Gasteiger partial charge in [-0.1, -0.05) is 38.3 Å². The Kier molecular flexibility index (Phi) is 10.9. The number of carbonyl (C=O) groups excluding carboxylic acids is 3. The molecule has 3 N–H and O–H groups in total. The zero-order valence-electron chi connectivity index (χ0n) is 19.4. The fourth-order valence-electron chi connectivity index (χ4n) is 3.04. The lowest BCUT2D eigenvalue weighted by Crippen LogP contribution is -2.41. The molecule has 0 aliphatic heterocycles. The molecule has 0 aromatic heterocycles. The molecular formula is C25H32BrN3O4. The Hall–Kier alpha value is -2.87. The number of nitrogens with one attached hydrogen (secondary N) is 3. The number of unbranched alkanes of at least 4 members (excludes halogenated alkanes) is 3. The van der Waals surface area contributed by atoms with Crippen LogP contribution in [-0.4, -0.2) is 24.3 Å². The molecule has 3 amide bonds. The molecule has 0 atom stereocenters. The fraction of sp³-hybridized carbons (Fsp3) is 0.400. The van der Waals surface area contributed by atoms with Gasteiger partial charge in [0.1, 0.15) is 5.75 Å². The summed E-state index contributed by atoms with van der Waals surface area (Å²) >= 11 is 3.42. The Bertz CT molecular complexity index is 978. The van der Waals surface area contributed by atoms with Crippen LogP contribution in [-0.2, 0) is 9.59 Å². The van der Waals surface area contributed by atoms with Crippen molar-refractivity contribution in [3.8, 4) is 5.75 Å². The number of hydrogen-bond acceptors (Lipinski definition) is 4. The van der Waals surface area contributed by atoms with Crippen molar-refractivity contribution in [1.82, 2.24) is 10.9 Å². The van der Waals surface area contributed by atoms with E-state index in [1.165, 1.54) is 12.8 Å². The van der Waals surface area contributed by atoms with Crippen molar-refractivity contribution in [1.29, 1.82) is 0 Å². The molecule has 2 aromatic carbocycles. The zero-order valence-corrected chi connectivity index (χ0v) is 21.0. The van der Waals surface area contributed by atoms with Crippen LogP contribution in [0.2, 0.25) is 0 Å². The molecule has 8 heteroatoms. The SMILES string of the molecule is CCCCCCOc1ccc(C(=O)NNC(=O)CCC(=O)Nc2cc(C)ccc2C)cc1Br. The van der Waals surface area contributed by atoms with Gasteiger partial charge in [-0.05, 0) is 71.6 Å². The van der Waals surface area contributed by atoms with Gasteiger partial charge in [0.05, 0.1) is 11.1 Å². The minimum absolute atomic E-state index is 0.00489. The number of hydrogen-bond donors (Lipinski definition) is 3. The van der Waals surface area contributed by atoms with Crippen LogP contribution in [0.15, 0.2) is 40.9 Å². The molecule has 178 valence electrons. The maximum absolute atomic E-state index is 12.3. The van der Waals surface area contributed by atoms with E-state index in [2.05, 4.69) is 39.0 Å². The second-order valence-electron chi connectivity index (χ2n) is 7.92. The van der Waals surface area contributed by atoms with Crippen LogP contribution < -0.4 is 20.9 Å². The monoisotopic (exact) mass is 517 g/mol. The molecule has 0 aliphatic rings. The molecule has 2 rings (SSSR count). The Morgan fingerprint density at radius 1 is 0.909 bits per heavy atom. The van der Waals surface area contributed by atoms with Crippen LogP contribution in [0.5, 0.6) is 5.75 Å². The summed E-state index contributed by atoms with van der Waals surface area (Å²) in [4.78, 5) is 36.5. The maximum atomic E-state index is 12.3. The lowest BCUT2D eigenvalue weighted by Gasteiger charge is -2.11. The number of anilines is 1. The van der Waals surface area contributed by atoms with Crippen molar-refractivity contribution < 1.29 is 19.1 Å². The van der Waals surface area contributed by atoms with Crippen molar-refractivity contribution in [2.75, 3.05) is 11.9 Å². The van der Waals surface area contributed by atoms with Crippen molar-refractivity contribution >= 4 is 39.3 Å². The highest BCUT2D eigenvalue weighted by molar-refractivity contribution is 9.10. The van der Waals surface area contributed by atoms with Gasteiger partial charge in [0.15, 0.2) is 0 Å². The third-order valence-corrected chi connectivity index (χ3v) is 5.63. The van der Waals surface area contributed by atoms with Crippen LogP contribution in [0.3, 0.4) is 0 Å². The highest BCUT2D eigenvalue weighted by Gasteiger charge is 2.12. The highest BCUT2D eigenvalue weighted by atomic mass is 79.9. The maximum Gasteiger partial charge on any atom is 0.269 e. The van der Waals surface area contributed by atoms with Crippen LogP contribution in [0.25, 0.3) is 0 Å². The number of aryl methyl sites for hydroxylation is 2. The summed E-state index contributed by atoms with van der Waals surface area (Å²) in [5.74, 6) is -0.509. The number of hydrazine groups is 1. The average Bonchev–Trinajstić information content (AvgIpc) is 2.79. The normalized spacial score (nSPS) is 10.4.